The monoisotopic (exact) mass is 349 g/mol. The molecule has 134 valence electrons. The third-order valence-electron chi connectivity index (χ3n) is 3.87. The fourth-order valence-electron chi connectivity index (χ4n) is 2.22. The van der Waals surface area contributed by atoms with E-state index in [1.54, 1.807) is 38.5 Å². The topological polar surface area (TPSA) is 54.5 Å². The van der Waals surface area contributed by atoms with Crippen LogP contribution >= 0.6 is 0 Å². The molecule has 2 rings (SSSR count). The van der Waals surface area contributed by atoms with Crippen LogP contribution in [-0.4, -0.2) is 36.0 Å². The number of pyridine rings is 1. The van der Waals surface area contributed by atoms with Gasteiger partial charge in [-0.15, -0.1) is 0 Å². The molecule has 0 radical (unpaired) electrons. The maximum absolute atomic E-state index is 12.4. The summed E-state index contributed by atoms with van der Waals surface area (Å²) in [6, 6.07) is 8.16. The summed E-state index contributed by atoms with van der Waals surface area (Å²) in [5.41, 5.74) is 2.10. The van der Waals surface area contributed by atoms with Gasteiger partial charge < -0.3 is 15.0 Å². The molecule has 0 saturated heterocycles. The predicted molar refractivity (Wildman–Crippen MR) is 92.1 cm³/mol. The fraction of sp³-hybridized carbons (Fsp3) is 0.333. The van der Waals surface area contributed by atoms with Crippen LogP contribution in [0.3, 0.4) is 0 Å². The number of nitrogens with one attached hydrogen (secondary N) is 1. The van der Waals surface area contributed by atoms with Crippen molar-refractivity contribution in [3.8, 4) is 5.75 Å². The number of urea groups is 1. The summed E-state index contributed by atoms with van der Waals surface area (Å²) in [4.78, 5) is 18.0. The van der Waals surface area contributed by atoms with Crippen LogP contribution in [0.2, 0.25) is 0 Å². The van der Waals surface area contributed by atoms with Crippen LogP contribution in [-0.2, 0) is 0 Å². The minimum atomic E-state index is -2.55. The lowest BCUT2D eigenvalue weighted by molar-refractivity contribution is 0.0816. The largest absolute Gasteiger partial charge is 0.487 e. The van der Waals surface area contributed by atoms with Gasteiger partial charge in [-0.2, -0.15) is 0 Å². The number of halogens is 2. The standard InChI is InChI=1S/C18H21F2N3O2/c1-12-6-7-15(9-16(12)25-11-17(19)20)22-18(24)23(3)13(2)14-5-4-8-21-10-14/h4-10,13,17H,11H2,1-3H3,(H,22,24)/t13-/m0/s1. The van der Waals surface area contributed by atoms with Crippen molar-refractivity contribution < 1.29 is 18.3 Å². The minimum Gasteiger partial charge on any atom is -0.487 e. The molecule has 0 spiro atoms. The number of aromatic nitrogens is 1. The van der Waals surface area contributed by atoms with Crippen molar-refractivity contribution in [1.29, 1.82) is 0 Å². The molecule has 5 nitrogen and oxygen atoms in total. The Morgan fingerprint density at radius 1 is 1.36 bits per heavy atom. The third-order valence-corrected chi connectivity index (χ3v) is 3.87. The van der Waals surface area contributed by atoms with Crippen LogP contribution in [0, 0.1) is 6.92 Å². The van der Waals surface area contributed by atoms with Gasteiger partial charge in [0.15, 0.2) is 0 Å². The highest BCUT2D eigenvalue weighted by Crippen LogP contribution is 2.24. The average Bonchev–Trinajstić information content (AvgIpc) is 2.61. The van der Waals surface area contributed by atoms with Gasteiger partial charge in [0, 0.05) is 31.2 Å². The van der Waals surface area contributed by atoms with E-state index in [1.165, 1.54) is 11.0 Å². The van der Waals surface area contributed by atoms with Crippen molar-refractivity contribution in [2.24, 2.45) is 0 Å². The van der Waals surface area contributed by atoms with Crippen molar-refractivity contribution in [2.45, 2.75) is 26.3 Å². The summed E-state index contributed by atoms with van der Waals surface area (Å²) in [6.45, 7) is 2.96. The normalized spacial score (nSPS) is 11.9. The number of anilines is 1. The fourth-order valence-corrected chi connectivity index (χ4v) is 2.22. The van der Waals surface area contributed by atoms with E-state index < -0.39 is 13.0 Å². The summed E-state index contributed by atoms with van der Waals surface area (Å²) in [7, 11) is 1.68. The molecular weight excluding hydrogens is 328 g/mol. The second-order valence-corrected chi connectivity index (χ2v) is 5.69. The van der Waals surface area contributed by atoms with Crippen LogP contribution in [0.1, 0.15) is 24.1 Å². The molecular formula is C18H21F2N3O2. The van der Waals surface area contributed by atoms with Crippen LogP contribution in [0.5, 0.6) is 5.75 Å². The summed E-state index contributed by atoms with van der Waals surface area (Å²) in [6.07, 6.45) is 0.823. The van der Waals surface area contributed by atoms with Crippen LogP contribution in [0.15, 0.2) is 42.7 Å². The number of aryl methyl sites for hydroxylation is 1. The molecule has 2 amide bonds. The summed E-state index contributed by atoms with van der Waals surface area (Å²) in [5, 5.41) is 2.75. The number of ether oxygens (including phenoxy) is 1. The van der Waals surface area contributed by atoms with E-state index in [1.807, 2.05) is 19.1 Å². The van der Waals surface area contributed by atoms with E-state index in [-0.39, 0.29) is 12.1 Å². The number of alkyl halides is 2. The first-order valence-electron chi connectivity index (χ1n) is 7.84. The molecule has 1 aromatic heterocycles. The van der Waals surface area contributed by atoms with Crippen molar-refractivity contribution in [2.75, 3.05) is 19.0 Å². The van der Waals surface area contributed by atoms with Gasteiger partial charge in [0.05, 0.1) is 6.04 Å². The molecule has 0 aliphatic rings. The SMILES string of the molecule is Cc1ccc(NC(=O)N(C)[C@@H](C)c2cccnc2)cc1OCC(F)F. The van der Waals surface area contributed by atoms with Crippen molar-refractivity contribution in [3.63, 3.8) is 0 Å². The molecule has 25 heavy (non-hydrogen) atoms. The first kappa shape index (κ1) is 18.6. The maximum Gasteiger partial charge on any atom is 0.322 e. The quantitative estimate of drug-likeness (QED) is 0.848. The first-order valence-corrected chi connectivity index (χ1v) is 7.84. The van der Waals surface area contributed by atoms with E-state index in [0.29, 0.717) is 11.4 Å². The Bertz CT molecular complexity index is 711. The van der Waals surface area contributed by atoms with Crippen LogP contribution in [0.4, 0.5) is 19.3 Å². The van der Waals surface area contributed by atoms with E-state index >= 15 is 0 Å². The molecule has 0 aliphatic heterocycles. The maximum atomic E-state index is 12.4. The highest BCUT2D eigenvalue weighted by atomic mass is 19.3. The Morgan fingerprint density at radius 2 is 2.12 bits per heavy atom. The molecule has 1 atom stereocenters. The zero-order valence-electron chi connectivity index (χ0n) is 14.4. The summed E-state index contributed by atoms with van der Waals surface area (Å²) >= 11 is 0. The van der Waals surface area contributed by atoms with Crippen molar-refractivity contribution in [1.82, 2.24) is 9.88 Å². The minimum absolute atomic E-state index is 0.172. The van der Waals surface area contributed by atoms with Crippen LogP contribution in [0.25, 0.3) is 0 Å². The summed E-state index contributed by atoms with van der Waals surface area (Å²) < 4.78 is 29.7. The molecule has 1 aromatic carbocycles. The van der Waals surface area contributed by atoms with Gasteiger partial charge in [-0.05, 0) is 37.1 Å². The molecule has 0 saturated carbocycles. The van der Waals surface area contributed by atoms with E-state index in [0.717, 1.165) is 11.1 Å². The lowest BCUT2D eigenvalue weighted by Crippen LogP contribution is -2.33. The number of rotatable bonds is 6. The van der Waals surface area contributed by atoms with Gasteiger partial charge in [0.25, 0.3) is 6.43 Å². The van der Waals surface area contributed by atoms with Gasteiger partial charge >= 0.3 is 6.03 Å². The number of hydrogen-bond donors (Lipinski definition) is 1. The highest BCUT2D eigenvalue weighted by Gasteiger charge is 2.18. The van der Waals surface area contributed by atoms with Gasteiger partial charge in [0.2, 0.25) is 0 Å². The molecule has 1 N–H and O–H groups in total. The lowest BCUT2D eigenvalue weighted by atomic mass is 10.1. The average molecular weight is 349 g/mol. The predicted octanol–water partition coefficient (Wildman–Crippen LogP) is 4.26. The summed E-state index contributed by atoms with van der Waals surface area (Å²) in [5.74, 6) is 0.320. The molecule has 1 heterocycles. The number of nitrogens with zero attached hydrogens (tertiary/aromatic N) is 2. The van der Waals surface area contributed by atoms with Gasteiger partial charge in [-0.25, -0.2) is 13.6 Å². The van der Waals surface area contributed by atoms with Crippen LogP contribution < -0.4 is 10.1 Å². The number of carbonyl (C=O) groups is 1. The highest BCUT2D eigenvalue weighted by molar-refractivity contribution is 5.89. The number of amides is 2. The smallest absolute Gasteiger partial charge is 0.322 e. The third kappa shape index (κ3) is 5.14. The Hall–Kier alpha value is -2.70. The van der Waals surface area contributed by atoms with Crippen molar-refractivity contribution in [3.05, 3.63) is 53.9 Å². The molecule has 0 fully saturated rings. The zero-order valence-corrected chi connectivity index (χ0v) is 14.4. The second-order valence-electron chi connectivity index (χ2n) is 5.69. The first-order chi connectivity index (χ1) is 11.9. The zero-order chi connectivity index (χ0) is 18.4. The van der Waals surface area contributed by atoms with Gasteiger partial charge in [-0.1, -0.05) is 12.1 Å². The van der Waals surface area contributed by atoms with Gasteiger partial charge in [-0.3, -0.25) is 4.98 Å². The Labute approximate surface area is 145 Å². The van der Waals surface area contributed by atoms with E-state index in [9.17, 15) is 13.6 Å². The van der Waals surface area contributed by atoms with E-state index in [2.05, 4.69) is 10.3 Å². The number of benzene rings is 1. The van der Waals surface area contributed by atoms with E-state index in [4.69, 9.17) is 4.74 Å². The number of hydrogen-bond acceptors (Lipinski definition) is 3. The molecule has 2 aromatic rings. The van der Waals surface area contributed by atoms with Crippen molar-refractivity contribution >= 4 is 11.7 Å². The lowest BCUT2D eigenvalue weighted by Gasteiger charge is -2.25. The molecule has 7 heteroatoms. The Balaban J connectivity index is 2.05. The Kier molecular flexibility index (Phi) is 6.27. The molecule has 0 aliphatic carbocycles. The second kappa shape index (κ2) is 8.41. The molecule has 0 bridgehead atoms. The number of carbonyl (C=O) groups excluding carboxylic acids is 1. The molecule has 0 unspecified atom stereocenters. The Morgan fingerprint density at radius 3 is 2.76 bits per heavy atom. The van der Waals surface area contributed by atoms with Gasteiger partial charge in [0.1, 0.15) is 12.4 Å².